The Hall–Kier alpha value is -1.38. The molecular formula is C17H26N2O5S. The summed E-state index contributed by atoms with van der Waals surface area (Å²) in [5, 5.41) is 0. The van der Waals surface area contributed by atoms with E-state index in [1.807, 2.05) is 4.90 Å². The highest BCUT2D eigenvalue weighted by molar-refractivity contribution is 7.88. The molecule has 0 aromatic carbocycles. The fourth-order valence-corrected chi connectivity index (χ4v) is 5.11. The van der Waals surface area contributed by atoms with Crippen molar-refractivity contribution in [1.82, 2.24) is 9.21 Å². The molecule has 0 saturated carbocycles. The second-order valence-electron chi connectivity index (χ2n) is 7.25. The molecule has 1 aromatic rings. The lowest BCUT2D eigenvalue weighted by Crippen LogP contribution is -2.47. The largest absolute Gasteiger partial charge is 0.469 e. The molecule has 140 valence electrons. The second-order valence-corrected chi connectivity index (χ2v) is 9.24. The topological polar surface area (TPSA) is 80.1 Å². The summed E-state index contributed by atoms with van der Waals surface area (Å²) in [5.74, 6) is 0.786. The van der Waals surface area contributed by atoms with Crippen molar-refractivity contribution < 1.29 is 22.4 Å². The van der Waals surface area contributed by atoms with Gasteiger partial charge in [-0.25, -0.2) is 12.7 Å². The molecule has 0 N–H and O–H groups in total. The Morgan fingerprint density at radius 2 is 2.08 bits per heavy atom. The average Bonchev–Trinajstić information content (AvgIpc) is 3.13. The van der Waals surface area contributed by atoms with Crippen LogP contribution >= 0.6 is 0 Å². The van der Waals surface area contributed by atoms with E-state index in [0.29, 0.717) is 44.1 Å². The van der Waals surface area contributed by atoms with E-state index >= 15 is 0 Å². The van der Waals surface area contributed by atoms with E-state index in [1.165, 1.54) is 12.5 Å². The van der Waals surface area contributed by atoms with Crippen LogP contribution in [0.3, 0.4) is 0 Å². The molecule has 2 fully saturated rings. The van der Waals surface area contributed by atoms with Gasteiger partial charge in [-0.05, 0) is 31.2 Å². The number of piperidine rings is 1. The lowest BCUT2D eigenvalue weighted by molar-refractivity contribution is 0.0326. The summed E-state index contributed by atoms with van der Waals surface area (Å²) >= 11 is 0. The van der Waals surface area contributed by atoms with E-state index in [0.717, 1.165) is 12.8 Å². The van der Waals surface area contributed by atoms with Crippen LogP contribution in [0, 0.1) is 18.3 Å². The van der Waals surface area contributed by atoms with E-state index in [1.54, 1.807) is 24.4 Å². The van der Waals surface area contributed by atoms with Gasteiger partial charge < -0.3 is 14.1 Å². The Labute approximate surface area is 149 Å². The number of likely N-dealkylation sites (tertiary alicyclic amines) is 1. The lowest BCUT2D eigenvalue weighted by atomic mass is 9.71. The number of aryl methyl sites for hydroxylation is 1. The number of carbonyl (C=O) groups is 1. The number of amides is 1. The summed E-state index contributed by atoms with van der Waals surface area (Å²) in [6, 6.07) is 1.71. The number of hydrogen-bond donors (Lipinski definition) is 0. The number of ether oxygens (including phenoxy) is 1. The summed E-state index contributed by atoms with van der Waals surface area (Å²) in [6.07, 6.45) is 4.37. The molecular weight excluding hydrogens is 344 g/mol. The van der Waals surface area contributed by atoms with Gasteiger partial charge >= 0.3 is 0 Å². The van der Waals surface area contributed by atoms with Crippen LogP contribution in [-0.4, -0.2) is 69.7 Å². The molecule has 2 aliphatic rings. The molecule has 0 radical (unpaired) electrons. The first-order valence-corrected chi connectivity index (χ1v) is 10.4. The summed E-state index contributed by atoms with van der Waals surface area (Å²) in [7, 11) is -1.57. The summed E-state index contributed by atoms with van der Waals surface area (Å²) in [6.45, 7) is 4.60. The highest BCUT2D eigenvalue weighted by Crippen LogP contribution is 2.45. The lowest BCUT2D eigenvalue weighted by Gasteiger charge is -2.42. The number of furan rings is 1. The molecule has 3 heterocycles. The maximum Gasteiger partial charge on any atom is 0.257 e. The maximum atomic E-state index is 12.7. The van der Waals surface area contributed by atoms with E-state index in [-0.39, 0.29) is 17.2 Å². The zero-order valence-corrected chi connectivity index (χ0v) is 15.8. The minimum atomic E-state index is -3.22. The van der Waals surface area contributed by atoms with Gasteiger partial charge in [0.25, 0.3) is 5.91 Å². The Bertz CT molecular complexity index is 734. The molecule has 1 aromatic heterocycles. The van der Waals surface area contributed by atoms with E-state index in [4.69, 9.17) is 9.15 Å². The molecule has 1 spiro atoms. The second kappa shape index (κ2) is 6.74. The number of nitrogens with zero attached hydrogens (tertiary/aromatic N) is 2. The smallest absolute Gasteiger partial charge is 0.257 e. The third-order valence-corrected chi connectivity index (χ3v) is 6.97. The van der Waals surface area contributed by atoms with Crippen molar-refractivity contribution in [1.29, 1.82) is 0 Å². The normalized spacial score (nSPS) is 24.1. The SMILES string of the molecule is COC[C@@H]1CN(S(C)(=O)=O)CC12CCN(C(=O)c1ccoc1C)CC2. The van der Waals surface area contributed by atoms with Crippen LogP contribution in [0.1, 0.15) is 29.0 Å². The Morgan fingerprint density at radius 1 is 1.40 bits per heavy atom. The number of carbonyl (C=O) groups excluding carboxylic acids is 1. The van der Waals surface area contributed by atoms with Crippen LogP contribution in [0.15, 0.2) is 16.7 Å². The molecule has 2 saturated heterocycles. The zero-order chi connectivity index (χ0) is 18.2. The van der Waals surface area contributed by atoms with Gasteiger partial charge in [0, 0.05) is 39.2 Å². The number of sulfonamides is 1. The summed E-state index contributed by atoms with van der Waals surface area (Å²) in [4.78, 5) is 14.5. The van der Waals surface area contributed by atoms with Crippen molar-refractivity contribution in [2.24, 2.45) is 11.3 Å². The van der Waals surface area contributed by atoms with E-state index in [9.17, 15) is 13.2 Å². The fourth-order valence-electron chi connectivity index (χ4n) is 4.17. The monoisotopic (exact) mass is 370 g/mol. The zero-order valence-electron chi connectivity index (χ0n) is 15.0. The van der Waals surface area contributed by atoms with Crippen LogP contribution in [0.2, 0.25) is 0 Å². The van der Waals surface area contributed by atoms with Crippen LogP contribution in [0.5, 0.6) is 0 Å². The van der Waals surface area contributed by atoms with E-state index < -0.39 is 10.0 Å². The van der Waals surface area contributed by atoms with Crippen molar-refractivity contribution in [3.05, 3.63) is 23.7 Å². The van der Waals surface area contributed by atoms with Crippen molar-refractivity contribution in [3.8, 4) is 0 Å². The van der Waals surface area contributed by atoms with Gasteiger partial charge in [0.2, 0.25) is 10.0 Å². The van der Waals surface area contributed by atoms with Crippen molar-refractivity contribution >= 4 is 15.9 Å². The highest BCUT2D eigenvalue weighted by atomic mass is 32.2. The van der Waals surface area contributed by atoms with Gasteiger partial charge in [-0.1, -0.05) is 0 Å². The molecule has 8 heteroatoms. The number of rotatable bonds is 4. The number of hydrogen-bond acceptors (Lipinski definition) is 5. The minimum Gasteiger partial charge on any atom is -0.469 e. The molecule has 2 aliphatic heterocycles. The first-order valence-electron chi connectivity index (χ1n) is 8.54. The molecule has 25 heavy (non-hydrogen) atoms. The molecule has 0 unspecified atom stereocenters. The third-order valence-electron chi connectivity index (χ3n) is 5.75. The van der Waals surface area contributed by atoms with Gasteiger partial charge in [0.1, 0.15) is 5.76 Å². The van der Waals surface area contributed by atoms with Gasteiger partial charge in [-0.2, -0.15) is 0 Å². The highest BCUT2D eigenvalue weighted by Gasteiger charge is 2.50. The Morgan fingerprint density at radius 3 is 2.60 bits per heavy atom. The van der Waals surface area contributed by atoms with Crippen LogP contribution in [0.25, 0.3) is 0 Å². The van der Waals surface area contributed by atoms with Crippen molar-refractivity contribution in [2.75, 3.05) is 46.2 Å². The molecule has 1 atom stereocenters. The molecule has 7 nitrogen and oxygen atoms in total. The first kappa shape index (κ1) is 18.4. The molecule has 0 bridgehead atoms. The average molecular weight is 370 g/mol. The Balaban J connectivity index is 1.72. The maximum absolute atomic E-state index is 12.7. The molecule has 0 aliphatic carbocycles. The van der Waals surface area contributed by atoms with Gasteiger partial charge in [0.05, 0.1) is 24.7 Å². The predicted octanol–water partition coefficient (Wildman–Crippen LogP) is 1.35. The van der Waals surface area contributed by atoms with Gasteiger partial charge in [-0.3, -0.25) is 4.79 Å². The first-order chi connectivity index (χ1) is 11.8. The standard InChI is InChI=1S/C17H26N2O5S/c1-13-15(4-9-24-13)16(20)18-7-5-17(6-8-18)12-19(25(3,21)22)10-14(17)11-23-2/h4,9,14H,5-8,10-12H2,1-3H3/t14-/m0/s1. The quantitative estimate of drug-likeness (QED) is 0.799. The van der Waals surface area contributed by atoms with Crippen LogP contribution in [-0.2, 0) is 14.8 Å². The molecule has 1 amide bonds. The van der Waals surface area contributed by atoms with Crippen molar-refractivity contribution in [2.45, 2.75) is 19.8 Å². The fraction of sp³-hybridized carbons (Fsp3) is 0.706. The van der Waals surface area contributed by atoms with Gasteiger partial charge in [-0.15, -0.1) is 0 Å². The van der Waals surface area contributed by atoms with Crippen LogP contribution < -0.4 is 0 Å². The van der Waals surface area contributed by atoms with Gasteiger partial charge in [0.15, 0.2) is 0 Å². The number of methoxy groups -OCH3 is 1. The Kier molecular flexibility index (Phi) is 4.96. The molecule has 3 rings (SSSR count). The predicted molar refractivity (Wildman–Crippen MR) is 92.8 cm³/mol. The van der Waals surface area contributed by atoms with Crippen molar-refractivity contribution in [3.63, 3.8) is 0 Å². The van der Waals surface area contributed by atoms with E-state index in [2.05, 4.69) is 0 Å². The summed E-state index contributed by atoms with van der Waals surface area (Å²) in [5.41, 5.74) is 0.495. The third kappa shape index (κ3) is 3.47. The summed E-state index contributed by atoms with van der Waals surface area (Å²) < 4.78 is 36.1. The minimum absolute atomic E-state index is 0.0117. The van der Waals surface area contributed by atoms with Crippen LogP contribution in [0.4, 0.5) is 0 Å².